The number of carboxylic acids is 1. The van der Waals surface area contributed by atoms with E-state index in [1.807, 2.05) is 11.9 Å². The van der Waals surface area contributed by atoms with Crippen molar-refractivity contribution >= 4 is 5.97 Å². The fourth-order valence-electron chi connectivity index (χ4n) is 2.34. The second-order valence-corrected chi connectivity index (χ2v) is 4.93. The molecule has 0 heterocycles. The van der Waals surface area contributed by atoms with Gasteiger partial charge < -0.3 is 14.7 Å². The standard InChI is InChI=1S/C14H18FNO3/c1-16(12-8-11(12)14(17)18)6-5-9-7-10(15)3-4-13(9)19-2/h3-4,7,11-12H,5-6,8H2,1-2H3,(H,17,18). The smallest absolute Gasteiger partial charge is 0.308 e. The normalized spacial score (nSPS) is 21.5. The molecule has 1 saturated carbocycles. The Bertz CT molecular complexity index is 478. The van der Waals surface area contributed by atoms with Gasteiger partial charge >= 0.3 is 5.97 Å². The average molecular weight is 267 g/mol. The quantitative estimate of drug-likeness (QED) is 0.853. The molecule has 0 aliphatic heterocycles. The number of carboxylic acid groups (broad SMARTS) is 1. The van der Waals surface area contributed by atoms with E-state index in [1.165, 1.54) is 12.1 Å². The molecule has 2 rings (SSSR count). The highest BCUT2D eigenvalue weighted by Crippen LogP contribution is 2.35. The van der Waals surface area contributed by atoms with Gasteiger partial charge in [-0.1, -0.05) is 0 Å². The predicted octanol–water partition coefficient (Wildman–Crippen LogP) is 1.78. The lowest BCUT2D eigenvalue weighted by atomic mass is 10.1. The molecule has 0 aromatic heterocycles. The van der Waals surface area contributed by atoms with Gasteiger partial charge in [0, 0.05) is 12.6 Å². The molecule has 1 aliphatic carbocycles. The number of likely N-dealkylation sites (N-methyl/N-ethyl adjacent to an activating group) is 1. The van der Waals surface area contributed by atoms with Crippen LogP contribution in [0.4, 0.5) is 4.39 Å². The second-order valence-electron chi connectivity index (χ2n) is 4.93. The van der Waals surface area contributed by atoms with E-state index >= 15 is 0 Å². The number of benzene rings is 1. The van der Waals surface area contributed by atoms with Crippen molar-refractivity contribution in [2.24, 2.45) is 5.92 Å². The van der Waals surface area contributed by atoms with Gasteiger partial charge in [-0.2, -0.15) is 0 Å². The van der Waals surface area contributed by atoms with Crippen molar-refractivity contribution in [3.8, 4) is 5.75 Å². The minimum Gasteiger partial charge on any atom is -0.496 e. The van der Waals surface area contributed by atoms with Gasteiger partial charge in [-0.3, -0.25) is 4.79 Å². The first kappa shape index (κ1) is 13.8. The van der Waals surface area contributed by atoms with E-state index in [0.717, 1.165) is 5.56 Å². The van der Waals surface area contributed by atoms with Crippen molar-refractivity contribution in [3.05, 3.63) is 29.6 Å². The van der Waals surface area contributed by atoms with Crippen LogP contribution >= 0.6 is 0 Å². The molecule has 1 N–H and O–H groups in total. The van der Waals surface area contributed by atoms with E-state index in [-0.39, 0.29) is 17.8 Å². The van der Waals surface area contributed by atoms with Crippen molar-refractivity contribution < 1.29 is 19.0 Å². The number of ether oxygens (including phenoxy) is 1. The molecule has 0 amide bonds. The topological polar surface area (TPSA) is 49.8 Å². The number of aliphatic carboxylic acids is 1. The summed E-state index contributed by atoms with van der Waals surface area (Å²) in [7, 11) is 3.46. The zero-order valence-electron chi connectivity index (χ0n) is 11.1. The maximum absolute atomic E-state index is 13.2. The Hall–Kier alpha value is -1.62. The van der Waals surface area contributed by atoms with Crippen LogP contribution in [-0.4, -0.2) is 42.7 Å². The van der Waals surface area contributed by atoms with E-state index in [0.29, 0.717) is 25.1 Å². The Kier molecular flexibility index (Phi) is 4.04. The molecule has 104 valence electrons. The molecular weight excluding hydrogens is 249 g/mol. The van der Waals surface area contributed by atoms with Gasteiger partial charge in [0.2, 0.25) is 0 Å². The number of methoxy groups -OCH3 is 1. The molecule has 0 saturated heterocycles. The fraction of sp³-hybridized carbons (Fsp3) is 0.500. The van der Waals surface area contributed by atoms with Crippen LogP contribution in [0.25, 0.3) is 0 Å². The lowest BCUT2D eigenvalue weighted by molar-refractivity contribution is -0.138. The average Bonchev–Trinajstić information content (AvgIpc) is 3.16. The molecule has 1 aromatic rings. The highest BCUT2D eigenvalue weighted by molar-refractivity contribution is 5.74. The van der Waals surface area contributed by atoms with Crippen LogP contribution in [0.15, 0.2) is 18.2 Å². The lowest BCUT2D eigenvalue weighted by Gasteiger charge is -2.17. The number of nitrogens with zero attached hydrogens (tertiary/aromatic N) is 1. The Morgan fingerprint density at radius 3 is 2.89 bits per heavy atom. The van der Waals surface area contributed by atoms with Gasteiger partial charge in [0.1, 0.15) is 11.6 Å². The molecule has 4 nitrogen and oxygen atoms in total. The highest BCUT2D eigenvalue weighted by atomic mass is 19.1. The summed E-state index contributed by atoms with van der Waals surface area (Å²) in [6.45, 7) is 0.689. The molecular formula is C14H18FNO3. The van der Waals surface area contributed by atoms with Crippen LogP contribution in [0.3, 0.4) is 0 Å². The van der Waals surface area contributed by atoms with E-state index in [2.05, 4.69) is 0 Å². The number of carbonyl (C=O) groups is 1. The summed E-state index contributed by atoms with van der Waals surface area (Å²) >= 11 is 0. The molecule has 5 heteroatoms. The zero-order chi connectivity index (χ0) is 14.0. The molecule has 0 spiro atoms. The second kappa shape index (κ2) is 5.57. The summed E-state index contributed by atoms with van der Waals surface area (Å²) in [5.74, 6) is -0.603. The Labute approximate surface area is 111 Å². The number of rotatable bonds is 6. The van der Waals surface area contributed by atoms with Gasteiger partial charge in [-0.15, -0.1) is 0 Å². The Morgan fingerprint density at radius 1 is 1.58 bits per heavy atom. The van der Waals surface area contributed by atoms with Gasteiger partial charge in [0.25, 0.3) is 0 Å². The van der Waals surface area contributed by atoms with Crippen LogP contribution in [0.1, 0.15) is 12.0 Å². The molecule has 1 fully saturated rings. The summed E-state index contributed by atoms with van der Waals surface area (Å²) in [5, 5.41) is 8.88. The van der Waals surface area contributed by atoms with Crippen LogP contribution in [0.2, 0.25) is 0 Å². The molecule has 19 heavy (non-hydrogen) atoms. The first-order valence-electron chi connectivity index (χ1n) is 6.28. The third-order valence-corrected chi connectivity index (χ3v) is 3.62. The Balaban J connectivity index is 1.92. The maximum atomic E-state index is 13.2. The molecule has 0 radical (unpaired) electrons. The third-order valence-electron chi connectivity index (χ3n) is 3.62. The lowest BCUT2D eigenvalue weighted by Crippen LogP contribution is -2.26. The predicted molar refractivity (Wildman–Crippen MR) is 68.8 cm³/mol. The minimum absolute atomic E-state index is 0.108. The van der Waals surface area contributed by atoms with Crippen LogP contribution < -0.4 is 4.74 Å². The van der Waals surface area contributed by atoms with Gasteiger partial charge in [-0.05, 0) is 43.7 Å². The first-order valence-corrected chi connectivity index (χ1v) is 6.28. The van der Waals surface area contributed by atoms with Crippen molar-refractivity contribution in [1.82, 2.24) is 4.90 Å². The number of halogens is 1. The maximum Gasteiger partial charge on any atom is 0.308 e. The first-order chi connectivity index (χ1) is 9.02. The molecule has 2 unspecified atom stereocenters. The number of hydrogen-bond donors (Lipinski definition) is 1. The summed E-state index contributed by atoms with van der Waals surface area (Å²) in [4.78, 5) is 12.8. The van der Waals surface area contributed by atoms with E-state index in [1.54, 1.807) is 13.2 Å². The van der Waals surface area contributed by atoms with Crippen molar-refractivity contribution in [3.63, 3.8) is 0 Å². The van der Waals surface area contributed by atoms with E-state index in [4.69, 9.17) is 9.84 Å². The molecule has 1 aliphatic rings. The largest absolute Gasteiger partial charge is 0.496 e. The highest BCUT2D eigenvalue weighted by Gasteiger charge is 2.45. The van der Waals surface area contributed by atoms with Crippen molar-refractivity contribution in [2.45, 2.75) is 18.9 Å². The van der Waals surface area contributed by atoms with Crippen LogP contribution in [0.5, 0.6) is 5.75 Å². The third kappa shape index (κ3) is 3.23. The zero-order valence-corrected chi connectivity index (χ0v) is 11.1. The van der Waals surface area contributed by atoms with Crippen LogP contribution in [0, 0.1) is 11.7 Å². The van der Waals surface area contributed by atoms with Crippen molar-refractivity contribution in [1.29, 1.82) is 0 Å². The van der Waals surface area contributed by atoms with Crippen LogP contribution in [-0.2, 0) is 11.2 Å². The Morgan fingerprint density at radius 2 is 2.32 bits per heavy atom. The summed E-state index contributed by atoms with van der Waals surface area (Å²) in [6.07, 6.45) is 1.34. The molecule has 0 bridgehead atoms. The monoisotopic (exact) mass is 267 g/mol. The summed E-state index contributed by atoms with van der Waals surface area (Å²) < 4.78 is 18.4. The van der Waals surface area contributed by atoms with E-state index < -0.39 is 5.97 Å². The van der Waals surface area contributed by atoms with Gasteiger partial charge in [0.15, 0.2) is 0 Å². The fourth-order valence-corrected chi connectivity index (χ4v) is 2.34. The molecule has 1 aromatic carbocycles. The number of hydrogen-bond acceptors (Lipinski definition) is 3. The summed E-state index contributed by atoms with van der Waals surface area (Å²) in [6, 6.07) is 4.56. The van der Waals surface area contributed by atoms with Gasteiger partial charge in [0.05, 0.1) is 13.0 Å². The molecule has 2 atom stereocenters. The SMILES string of the molecule is COc1ccc(F)cc1CCN(C)C1CC1C(=O)O. The minimum atomic E-state index is -0.736. The summed E-state index contributed by atoms with van der Waals surface area (Å²) in [5.41, 5.74) is 0.807. The van der Waals surface area contributed by atoms with E-state index in [9.17, 15) is 9.18 Å². The van der Waals surface area contributed by atoms with Crippen molar-refractivity contribution in [2.75, 3.05) is 20.7 Å². The van der Waals surface area contributed by atoms with Gasteiger partial charge in [-0.25, -0.2) is 4.39 Å².